The molecule has 0 radical (unpaired) electrons. The van der Waals surface area contributed by atoms with Gasteiger partial charge in [0.25, 0.3) is 5.91 Å². The number of ether oxygens (including phenoxy) is 4. The predicted molar refractivity (Wildman–Crippen MR) is 239 cm³/mol. The smallest absolute Gasteiger partial charge is 0.315 e. The molecular formula is C43H54N8O9S3. The van der Waals surface area contributed by atoms with Crippen LogP contribution >= 0.6 is 23.1 Å². The highest BCUT2D eigenvalue weighted by atomic mass is 32.2. The van der Waals surface area contributed by atoms with E-state index in [9.17, 15) is 22.8 Å². The number of rotatable bonds is 22. The van der Waals surface area contributed by atoms with Crippen LogP contribution in [0.15, 0.2) is 65.7 Å². The Balaban J connectivity index is 0.655. The number of para-hydroxylation sites is 2. The van der Waals surface area contributed by atoms with Crippen molar-refractivity contribution >= 4 is 56.5 Å². The molecule has 4 amide bonds. The molecule has 0 spiro atoms. The van der Waals surface area contributed by atoms with Gasteiger partial charge in [0.1, 0.15) is 18.1 Å². The van der Waals surface area contributed by atoms with E-state index < -0.39 is 9.84 Å². The lowest BCUT2D eigenvalue weighted by Gasteiger charge is -2.36. The lowest BCUT2D eigenvalue weighted by atomic mass is 10.0. The highest BCUT2D eigenvalue weighted by molar-refractivity contribution is 8.00. The number of unbranched alkanes of at least 4 members (excludes halogenated alkanes) is 1. The van der Waals surface area contributed by atoms with Gasteiger partial charge in [0.05, 0.1) is 85.7 Å². The molecule has 338 valence electrons. The summed E-state index contributed by atoms with van der Waals surface area (Å²) in [6.07, 6.45) is 5.11. The maximum atomic E-state index is 13.6. The van der Waals surface area contributed by atoms with Gasteiger partial charge in [-0.15, -0.1) is 16.4 Å². The summed E-state index contributed by atoms with van der Waals surface area (Å²) in [5.41, 5.74) is 2.98. The summed E-state index contributed by atoms with van der Waals surface area (Å²) in [5.74, 6) is 1.52. The number of thiophene rings is 1. The minimum Gasteiger partial charge on any atom is -0.485 e. The first-order valence-corrected chi connectivity index (χ1v) is 25.0. The molecule has 2 aromatic carbocycles. The van der Waals surface area contributed by atoms with E-state index in [1.54, 1.807) is 22.9 Å². The zero-order chi connectivity index (χ0) is 43.6. The minimum absolute atomic E-state index is 0.0293. The molecule has 63 heavy (non-hydrogen) atoms. The molecule has 0 aliphatic carbocycles. The second-order valence-corrected chi connectivity index (χ2v) is 20.1. The summed E-state index contributed by atoms with van der Waals surface area (Å²) in [6, 6.07) is 17.0. The number of nitrogens with zero attached hydrogens (tertiary/aromatic N) is 5. The van der Waals surface area contributed by atoms with Crippen molar-refractivity contribution in [2.24, 2.45) is 0 Å². The summed E-state index contributed by atoms with van der Waals surface area (Å²) in [4.78, 5) is 43.1. The Bertz CT molecular complexity index is 2320. The van der Waals surface area contributed by atoms with Crippen LogP contribution in [-0.2, 0) is 47.7 Å². The summed E-state index contributed by atoms with van der Waals surface area (Å²) in [7, 11) is -3.44. The Morgan fingerprint density at radius 2 is 1.67 bits per heavy atom. The van der Waals surface area contributed by atoms with E-state index in [1.165, 1.54) is 11.3 Å². The van der Waals surface area contributed by atoms with Crippen molar-refractivity contribution in [3.05, 3.63) is 76.9 Å². The van der Waals surface area contributed by atoms with Gasteiger partial charge in [-0.1, -0.05) is 42.0 Å². The van der Waals surface area contributed by atoms with Crippen LogP contribution in [0.1, 0.15) is 46.6 Å². The zero-order valence-electron chi connectivity index (χ0n) is 35.1. The fraction of sp³-hybridized carbons (Fsp3) is 0.512. The monoisotopic (exact) mass is 922 g/mol. The fourth-order valence-electron chi connectivity index (χ4n) is 8.21. The predicted octanol–water partition coefficient (Wildman–Crippen LogP) is 3.73. The van der Waals surface area contributed by atoms with Crippen molar-refractivity contribution in [3.8, 4) is 16.2 Å². The first-order valence-electron chi connectivity index (χ1n) is 21.5. The largest absolute Gasteiger partial charge is 0.485 e. The Morgan fingerprint density at radius 1 is 0.905 bits per heavy atom. The summed E-state index contributed by atoms with van der Waals surface area (Å²) < 4.78 is 50.6. The third-order valence-electron chi connectivity index (χ3n) is 11.4. The average molecular weight is 923 g/mol. The van der Waals surface area contributed by atoms with Gasteiger partial charge in [0.2, 0.25) is 5.91 Å². The number of thioether (sulfide) groups is 1. The van der Waals surface area contributed by atoms with Gasteiger partial charge < -0.3 is 44.7 Å². The Labute approximate surface area is 375 Å². The first kappa shape index (κ1) is 44.9. The molecule has 0 bridgehead atoms. The first-order chi connectivity index (χ1) is 30.7. The van der Waals surface area contributed by atoms with Gasteiger partial charge in [-0.25, -0.2) is 17.9 Å². The Hall–Kier alpha value is -4.73. The molecule has 3 saturated heterocycles. The van der Waals surface area contributed by atoms with Crippen LogP contribution in [0.4, 0.5) is 10.5 Å². The number of urea groups is 1. The molecule has 0 saturated carbocycles. The highest BCUT2D eigenvalue weighted by Gasteiger charge is 2.42. The van der Waals surface area contributed by atoms with Crippen molar-refractivity contribution in [1.82, 2.24) is 35.8 Å². The van der Waals surface area contributed by atoms with Crippen LogP contribution in [0.3, 0.4) is 0 Å². The number of carbonyl (C=O) groups excluding carboxylic acids is 3. The molecule has 0 unspecified atom stereocenters. The molecule has 4 aliphatic heterocycles. The van der Waals surface area contributed by atoms with Crippen LogP contribution < -0.4 is 25.6 Å². The molecular weight excluding hydrogens is 869 g/mol. The number of anilines is 1. The molecule has 4 aliphatic rings. The van der Waals surface area contributed by atoms with Crippen molar-refractivity contribution in [2.75, 3.05) is 83.0 Å². The standard InChI is InChI=1S/C43H54N8O9S3/c52-39(12-6-4-10-36-40-33(28-61-36)45-43(54)46-40)44-13-19-57-21-23-59-24-22-58-20-18-51-26-31(47-48-51)27-60-35-9-3-2-8-34(35)49-14-16-50(17-15-49)42(53)37-25-30-29-63(55,56)38-11-5-1-7-32(38)41(30)62-37/h1-3,5,7-9,11,25-26,33,36,40H,4,6,10,12-24,27-29H2,(H,44,52)(H2,45,46,54)/t33-,36-,40-/m0/s1. The Kier molecular flexibility index (Phi) is 15.2. The van der Waals surface area contributed by atoms with Gasteiger partial charge >= 0.3 is 6.03 Å². The Morgan fingerprint density at radius 3 is 2.51 bits per heavy atom. The number of carbonyl (C=O) groups is 3. The number of nitrogens with one attached hydrogen (secondary N) is 3. The zero-order valence-corrected chi connectivity index (χ0v) is 37.5. The van der Waals surface area contributed by atoms with Gasteiger partial charge in [-0.2, -0.15) is 11.8 Å². The van der Waals surface area contributed by atoms with Gasteiger partial charge in [0, 0.05) is 60.6 Å². The number of fused-ring (bicyclic) bond motifs is 4. The van der Waals surface area contributed by atoms with Crippen molar-refractivity contribution < 1.29 is 41.7 Å². The second-order valence-electron chi connectivity index (χ2n) is 15.8. The molecule has 4 aromatic rings. The number of amides is 4. The van der Waals surface area contributed by atoms with Crippen LogP contribution in [0.2, 0.25) is 0 Å². The number of benzene rings is 2. The van der Waals surface area contributed by atoms with Crippen molar-refractivity contribution in [1.29, 1.82) is 0 Å². The van der Waals surface area contributed by atoms with E-state index >= 15 is 0 Å². The van der Waals surface area contributed by atoms with Gasteiger partial charge in [-0.3, -0.25) is 9.59 Å². The molecule has 8 rings (SSSR count). The molecule has 20 heteroatoms. The normalized spacial score (nSPS) is 19.8. The number of sulfone groups is 1. The number of hydrogen-bond acceptors (Lipinski definition) is 14. The quantitative estimate of drug-likeness (QED) is 0.0764. The average Bonchev–Trinajstić information content (AvgIpc) is 4.10. The van der Waals surface area contributed by atoms with E-state index in [0.29, 0.717) is 123 Å². The van der Waals surface area contributed by atoms with Gasteiger partial charge in [0.15, 0.2) is 9.84 Å². The van der Waals surface area contributed by atoms with Crippen LogP contribution in [-0.4, -0.2) is 142 Å². The molecule has 17 nitrogen and oxygen atoms in total. The van der Waals surface area contributed by atoms with E-state index in [1.807, 2.05) is 59.3 Å². The van der Waals surface area contributed by atoms with E-state index in [0.717, 1.165) is 35.6 Å². The minimum atomic E-state index is -3.44. The van der Waals surface area contributed by atoms with E-state index in [2.05, 4.69) is 31.2 Å². The lowest BCUT2D eigenvalue weighted by Crippen LogP contribution is -2.48. The topological polar surface area (TPSA) is 196 Å². The fourth-order valence-corrected chi connectivity index (χ4v) is 12.7. The van der Waals surface area contributed by atoms with Crippen molar-refractivity contribution in [3.63, 3.8) is 0 Å². The highest BCUT2D eigenvalue weighted by Crippen LogP contribution is 2.43. The van der Waals surface area contributed by atoms with Crippen LogP contribution in [0, 0.1) is 0 Å². The van der Waals surface area contributed by atoms with Gasteiger partial charge in [-0.05, 0) is 42.7 Å². The van der Waals surface area contributed by atoms with Crippen LogP contribution in [0.5, 0.6) is 5.75 Å². The lowest BCUT2D eigenvalue weighted by molar-refractivity contribution is -0.121. The summed E-state index contributed by atoms with van der Waals surface area (Å²) in [6.45, 7) is 6.12. The molecule has 3 atom stereocenters. The second kappa shape index (κ2) is 21.3. The molecule has 6 heterocycles. The maximum absolute atomic E-state index is 13.6. The summed E-state index contributed by atoms with van der Waals surface area (Å²) in [5, 5.41) is 17.8. The number of piperazine rings is 1. The number of hydrogen-bond donors (Lipinski definition) is 3. The molecule has 3 N–H and O–H groups in total. The van der Waals surface area contributed by atoms with E-state index in [4.69, 9.17) is 18.9 Å². The third-order valence-corrected chi connectivity index (χ3v) is 15.8. The van der Waals surface area contributed by atoms with Crippen molar-refractivity contribution in [2.45, 2.75) is 66.8 Å². The van der Waals surface area contributed by atoms with E-state index in [-0.39, 0.29) is 42.3 Å². The maximum Gasteiger partial charge on any atom is 0.315 e. The number of aromatic nitrogens is 3. The third kappa shape index (κ3) is 11.5. The molecule has 2 aromatic heterocycles. The molecule has 3 fully saturated rings. The SMILES string of the molecule is O=C(CCCC[C@@H]1SC[C@@H]2NC(=O)N[C@@H]21)NCCOCCOCCOCCn1cc(COc2ccccc2N2CCN(C(=O)c3cc4c(s3)-c3ccccc3S(=O)(=O)C4)CC2)nn1. The van der Waals surface area contributed by atoms with Crippen LogP contribution in [0.25, 0.3) is 10.4 Å². The summed E-state index contributed by atoms with van der Waals surface area (Å²) >= 11 is 3.27.